The molecule has 0 aliphatic carbocycles. The Bertz CT molecular complexity index is 1290. The molecule has 34 heavy (non-hydrogen) atoms. The Hall–Kier alpha value is -3.49. The Morgan fingerprint density at radius 2 is 1.71 bits per heavy atom. The Balaban J connectivity index is 1.53. The van der Waals surface area contributed by atoms with Crippen molar-refractivity contribution >= 4 is 58.7 Å². The van der Waals surface area contributed by atoms with Crippen molar-refractivity contribution in [2.45, 2.75) is 19.0 Å². The van der Waals surface area contributed by atoms with Crippen molar-refractivity contribution in [2.75, 3.05) is 4.90 Å². The Morgan fingerprint density at radius 1 is 1.00 bits per heavy atom. The van der Waals surface area contributed by atoms with Gasteiger partial charge in [0, 0.05) is 23.7 Å². The Labute approximate surface area is 204 Å². The van der Waals surface area contributed by atoms with E-state index in [1.165, 1.54) is 54.5 Å². The molecule has 2 fully saturated rings. The number of hydrazone groups is 1. The topological polar surface area (TPSA) is 96.3 Å². The minimum atomic E-state index is -0.997. The number of hydrogen-bond acceptors (Lipinski definition) is 7. The average molecular weight is 498 g/mol. The summed E-state index contributed by atoms with van der Waals surface area (Å²) in [4.78, 5) is 52.9. The van der Waals surface area contributed by atoms with E-state index in [9.17, 15) is 19.2 Å². The van der Waals surface area contributed by atoms with Crippen LogP contribution in [0.1, 0.15) is 17.3 Å². The number of imide groups is 1. The maximum atomic E-state index is 13.6. The summed E-state index contributed by atoms with van der Waals surface area (Å²) < 4.78 is 5.02. The summed E-state index contributed by atoms with van der Waals surface area (Å²) in [6.45, 7) is 1.28. The van der Waals surface area contributed by atoms with Gasteiger partial charge in [-0.05, 0) is 48.5 Å². The number of rotatable bonds is 4. The number of benzene rings is 2. The third kappa shape index (κ3) is 3.50. The lowest BCUT2D eigenvalue weighted by atomic mass is 9.86. The highest BCUT2D eigenvalue weighted by molar-refractivity contribution is 6.38. The maximum Gasteiger partial charge on any atom is 0.308 e. The summed E-state index contributed by atoms with van der Waals surface area (Å²) in [6, 6.07) is 8.99. The summed E-state index contributed by atoms with van der Waals surface area (Å²) in [5, 5.41) is 6.37. The molecule has 8 nitrogen and oxygen atoms in total. The largest absolute Gasteiger partial charge is 0.427 e. The van der Waals surface area contributed by atoms with Crippen molar-refractivity contribution in [2.24, 2.45) is 16.9 Å². The number of anilines is 1. The molecule has 0 N–H and O–H groups in total. The maximum absolute atomic E-state index is 13.6. The molecular formula is C24H17Cl2N3O5. The predicted molar refractivity (Wildman–Crippen MR) is 125 cm³/mol. The van der Waals surface area contributed by atoms with E-state index in [2.05, 4.69) is 5.10 Å². The van der Waals surface area contributed by atoms with E-state index < -0.39 is 41.7 Å². The highest BCUT2D eigenvalue weighted by Gasteiger charge is 2.64. The molecular weight excluding hydrogens is 481 g/mol. The van der Waals surface area contributed by atoms with Crippen LogP contribution >= 0.6 is 23.2 Å². The fourth-order valence-corrected chi connectivity index (χ4v) is 5.25. The molecule has 0 bridgehead atoms. The number of carbonyl (C=O) groups excluding carboxylic acids is 4. The summed E-state index contributed by atoms with van der Waals surface area (Å²) in [5.74, 6) is -3.29. The normalized spacial score (nSPS) is 24.9. The van der Waals surface area contributed by atoms with Crippen molar-refractivity contribution < 1.29 is 23.9 Å². The van der Waals surface area contributed by atoms with Gasteiger partial charge < -0.3 is 4.74 Å². The van der Waals surface area contributed by atoms with Crippen molar-refractivity contribution in [3.63, 3.8) is 0 Å². The predicted octanol–water partition coefficient (Wildman–Crippen LogP) is 3.52. The van der Waals surface area contributed by atoms with E-state index in [0.29, 0.717) is 16.3 Å². The molecule has 4 atom stereocenters. The molecule has 0 aromatic heterocycles. The van der Waals surface area contributed by atoms with Crippen LogP contribution in [0.4, 0.5) is 5.69 Å². The van der Waals surface area contributed by atoms with Gasteiger partial charge in [-0.1, -0.05) is 29.3 Å². The minimum absolute atomic E-state index is 0.159. The number of halogens is 2. The number of ketones is 1. The second kappa shape index (κ2) is 8.38. The Kier molecular flexibility index (Phi) is 5.50. The fourth-order valence-electron chi connectivity index (χ4n) is 4.76. The number of allylic oxidation sites excluding steroid dienone is 1. The quantitative estimate of drug-likeness (QED) is 0.277. The van der Waals surface area contributed by atoms with E-state index in [4.69, 9.17) is 27.9 Å². The van der Waals surface area contributed by atoms with Gasteiger partial charge >= 0.3 is 5.97 Å². The van der Waals surface area contributed by atoms with E-state index in [-0.39, 0.29) is 16.5 Å². The summed E-state index contributed by atoms with van der Waals surface area (Å²) in [7, 11) is 0. The van der Waals surface area contributed by atoms with Crippen molar-refractivity contribution in [3.8, 4) is 5.75 Å². The van der Waals surface area contributed by atoms with Gasteiger partial charge in [0.05, 0.1) is 28.6 Å². The van der Waals surface area contributed by atoms with Gasteiger partial charge in [-0.2, -0.15) is 5.10 Å². The van der Waals surface area contributed by atoms with Crippen LogP contribution in [0.15, 0.2) is 59.7 Å². The van der Waals surface area contributed by atoms with E-state index in [1.807, 2.05) is 0 Å². The monoisotopic (exact) mass is 497 g/mol. The molecule has 3 heterocycles. The second-order valence-electron chi connectivity index (χ2n) is 8.11. The zero-order valence-corrected chi connectivity index (χ0v) is 19.2. The summed E-state index contributed by atoms with van der Waals surface area (Å²) in [5.41, 5.74) is 0.524. The van der Waals surface area contributed by atoms with Gasteiger partial charge in [-0.15, -0.1) is 0 Å². The van der Waals surface area contributed by atoms with E-state index in [1.54, 1.807) is 18.2 Å². The third-order valence-electron chi connectivity index (χ3n) is 6.11. The first-order chi connectivity index (χ1) is 16.3. The molecule has 0 radical (unpaired) electrons. The van der Waals surface area contributed by atoms with Gasteiger partial charge in [-0.3, -0.25) is 24.2 Å². The molecule has 3 aliphatic heterocycles. The molecule has 2 aromatic rings. The first kappa shape index (κ1) is 22.3. The fraction of sp³-hybridized carbons (Fsp3) is 0.208. The van der Waals surface area contributed by atoms with Gasteiger partial charge in [0.1, 0.15) is 11.8 Å². The van der Waals surface area contributed by atoms with Crippen LogP contribution in [0.3, 0.4) is 0 Å². The standard InChI is InChI=1S/C24H17Cl2N3O5/c1-12(30)34-15-7-4-13(5-8-15)22(31)21-20-19(18-3-2-10-27-29(18)21)23(32)28(24(20)33)17-9-6-14(25)11-16(17)26/h2-11,18-21H,1H3/t18-,19+,20+,21-/m0/s1. The minimum Gasteiger partial charge on any atom is -0.427 e. The van der Waals surface area contributed by atoms with Gasteiger partial charge in [0.15, 0.2) is 5.78 Å². The van der Waals surface area contributed by atoms with Crippen LogP contribution in [0.2, 0.25) is 10.0 Å². The lowest BCUT2D eigenvalue weighted by molar-refractivity contribution is -0.132. The van der Waals surface area contributed by atoms with Crippen LogP contribution in [0.5, 0.6) is 5.75 Å². The van der Waals surface area contributed by atoms with Crippen molar-refractivity contribution in [1.29, 1.82) is 0 Å². The van der Waals surface area contributed by atoms with Gasteiger partial charge in [0.25, 0.3) is 0 Å². The smallest absolute Gasteiger partial charge is 0.308 e. The molecule has 0 unspecified atom stereocenters. The number of fused-ring (bicyclic) bond motifs is 3. The first-order valence-corrected chi connectivity index (χ1v) is 11.2. The summed E-state index contributed by atoms with van der Waals surface area (Å²) >= 11 is 12.3. The third-order valence-corrected chi connectivity index (χ3v) is 6.65. The zero-order chi connectivity index (χ0) is 24.1. The number of nitrogens with zero attached hydrogens (tertiary/aromatic N) is 3. The summed E-state index contributed by atoms with van der Waals surface area (Å²) in [6.07, 6.45) is 4.97. The SMILES string of the molecule is CC(=O)Oc1ccc(C(=O)[C@@H]2[C@@H]3C(=O)N(c4ccc(Cl)cc4Cl)C(=O)[C@@H]3[C@@H]3C=CC=NN23)cc1. The molecule has 2 aromatic carbocycles. The molecule has 172 valence electrons. The van der Waals surface area contributed by atoms with E-state index in [0.717, 1.165) is 4.90 Å². The van der Waals surface area contributed by atoms with E-state index >= 15 is 0 Å². The molecule has 0 spiro atoms. The number of Topliss-reactive ketones (excluding diaryl/α,β-unsaturated/α-hetero) is 1. The number of hydrogen-bond donors (Lipinski definition) is 0. The molecule has 3 aliphatic rings. The number of ether oxygens (including phenoxy) is 1. The first-order valence-electron chi connectivity index (χ1n) is 10.4. The number of amides is 2. The lowest BCUT2D eigenvalue weighted by Crippen LogP contribution is -2.46. The second-order valence-corrected chi connectivity index (χ2v) is 8.95. The molecule has 2 amide bonds. The Morgan fingerprint density at radius 3 is 2.38 bits per heavy atom. The van der Waals surface area contributed by atoms with Crippen LogP contribution in [0, 0.1) is 11.8 Å². The zero-order valence-electron chi connectivity index (χ0n) is 17.7. The number of esters is 1. The van der Waals surface area contributed by atoms with Crippen molar-refractivity contribution in [1.82, 2.24) is 5.01 Å². The molecule has 5 rings (SSSR count). The highest BCUT2D eigenvalue weighted by atomic mass is 35.5. The molecule has 2 saturated heterocycles. The average Bonchev–Trinajstić information content (AvgIpc) is 3.27. The van der Waals surface area contributed by atoms with Crippen LogP contribution in [0.25, 0.3) is 0 Å². The molecule has 10 heteroatoms. The highest BCUT2D eigenvalue weighted by Crippen LogP contribution is 2.47. The van der Waals surface area contributed by atoms with Gasteiger partial charge in [-0.25, -0.2) is 4.90 Å². The molecule has 0 saturated carbocycles. The lowest BCUT2D eigenvalue weighted by Gasteiger charge is -2.30. The van der Waals surface area contributed by atoms with Crippen LogP contribution in [-0.4, -0.2) is 46.9 Å². The van der Waals surface area contributed by atoms with Crippen molar-refractivity contribution in [3.05, 3.63) is 70.2 Å². The van der Waals surface area contributed by atoms with Crippen LogP contribution in [-0.2, 0) is 14.4 Å². The van der Waals surface area contributed by atoms with Crippen LogP contribution < -0.4 is 9.64 Å². The number of carbonyl (C=O) groups is 4. The van der Waals surface area contributed by atoms with Gasteiger partial charge in [0.2, 0.25) is 11.8 Å².